The third-order valence-electron chi connectivity index (χ3n) is 2.43. The zero-order valence-corrected chi connectivity index (χ0v) is 6.14. The average molecular weight is 123 g/mol. The van der Waals surface area contributed by atoms with E-state index >= 15 is 0 Å². The Morgan fingerprint density at radius 2 is 2.00 bits per heavy atom. The van der Waals surface area contributed by atoms with Gasteiger partial charge in [0.05, 0.1) is 0 Å². The van der Waals surface area contributed by atoms with Crippen molar-refractivity contribution in [1.29, 1.82) is 0 Å². The van der Waals surface area contributed by atoms with Gasteiger partial charge in [0.25, 0.3) is 0 Å². The topological polar surface area (TPSA) is 0 Å². The van der Waals surface area contributed by atoms with Gasteiger partial charge in [0.1, 0.15) is 0 Å². The molecule has 0 aromatic heterocycles. The van der Waals surface area contributed by atoms with Crippen LogP contribution in [0.25, 0.3) is 0 Å². The summed E-state index contributed by atoms with van der Waals surface area (Å²) in [4.78, 5) is 0. The molecule has 1 rings (SSSR count). The van der Waals surface area contributed by atoms with Gasteiger partial charge in [-0.15, -0.1) is 0 Å². The molecular weight excluding hydrogens is 108 g/mol. The minimum Gasteiger partial charge on any atom is -0.518 e. The van der Waals surface area contributed by atoms with E-state index in [1.807, 2.05) is 6.08 Å². The molecule has 0 saturated heterocycles. The highest BCUT2D eigenvalue weighted by Gasteiger charge is 2.15. The monoisotopic (exact) mass is 123 g/mol. The van der Waals surface area contributed by atoms with Crippen LogP contribution in [-0.4, -0.2) is 0 Å². The van der Waals surface area contributed by atoms with Crippen molar-refractivity contribution in [3.63, 3.8) is 0 Å². The van der Waals surface area contributed by atoms with E-state index in [1.165, 1.54) is 25.7 Å². The lowest BCUT2D eigenvalue weighted by atomic mass is 9.81. The molecule has 0 aromatic carbocycles. The van der Waals surface area contributed by atoms with Gasteiger partial charge in [-0.25, -0.2) is 0 Å². The molecule has 9 heavy (non-hydrogen) atoms. The Morgan fingerprint density at radius 1 is 1.33 bits per heavy atom. The number of hydrogen-bond acceptors (Lipinski definition) is 0. The first kappa shape index (κ1) is 6.85. The van der Waals surface area contributed by atoms with Gasteiger partial charge in [0, 0.05) is 0 Å². The summed E-state index contributed by atoms with van der Waals surface area (Å²) in [6.45, 7) is 7.77. The maximum atomic E-state index is 5.47. The lowest BCUT2D eigenvalue weighted by Gasteiger charge is -2.27. The maximum absolute atomic E-state index is 5.47. The summed E-state index contributed by atoms with van der Waals surface area (Å²) < 4.78 is 0. The van der Waals surface area contributed by atoms with Crippen molar-refractivity contribution in [2.75, 3.05) is 0 Å². The molecule has 0 amide bonds. The second kappa shape index (κ2) is 3.05. The molecule has 0 spiro atoms. The first-order valence-corrected chi connectivity index (χ1v) is 3.89. The van der Waals surface area contributed by atoms with E-state index in [0.29, 0.717) is 5.92 Å². The molecule has 1 aliphatic carbocycles. The van der Waals surface area contributed by atoms with Gasteiger partial charge in [-0.1, -0.05) is 32.1 Å². The van der Waals surface area contributed by atoms with Crippen molar-refractivity contribution < 1.29 is 0 Å². The Kier molecular flexibility index (Phi) is 2.32. The van der Waals surface area contributed by atoms with Crippen LogP contribution in [0.2, 0.25) is 0 Å². The molecule has 0 N–H and O–H groups in total. The van der Waals surface area contributed by atoms with Crippen LogP contribution in [0, 0.1) is 18.4 Å². The van der Waals surface area contributed by atoms with Crippen LogP contribution in [0.3, 0.4) is 0 Å². The van der Waals surface area contributed by atoms with Gasteiger partial charge in [0.15, 0.2) is 0 Å². The molecule has 1 aliphatic rings. The Balaban J connectivity index is 2.38. The molecule has 2 atom stereocenters. The minimum absolute atomic E-state index is 0.707. The maximum Gasteiger partial charge on any atom is -0.0406 e. The highest BCUT2D eigenvalue weighted by molar-refractivity contribution is 4.83. The van der Waals surface area contributed by atoms with Gasteiger partial charge >= 0.3 is 0 Å². The fourth-order valence-electron chi connectivity index (χ4n) is 1.63. The first-order valence-electron chi connectivity index (χ1n) is 3.89. The molecule has 0 heterocycles. The highest BCUT2D eigenvalue weighted by atomic mass is 14.2. The fourth-order valence-corrected chi connectivity index (χ4v) is 1.63. The SMILES string of the molecule is [CH-]=CC1CCCCC1C. The minimum atomic E-state index is 0.707. The summed E-state index contributed by atoms with van der Waals surface area (Å²) in [7, 11) is 0. The molecule has 0 nitrogen and oxygen atoms in total. The van der Waals surface area contributed by atoms with Crippen molar-refractivity contribution in [3.8, 4) is 0 Å². The Hall–Kier alpha value is -0.260. The molecule has 52 valence electrons. The van der Waals surface area contributed by atoms with Gasteiger partial charge < -0.3 is 6.58 Å². The smallest absolute Gasteiger partial charge is 0.0406 e. The summed E-state index contributed by atoms with van der Waals surface area (Å²) >= 11 is 0. The van der Waals surface area contributed by atoms with Crippen LogP contribution >= 0.6 is 0 Å². The summed E-state index contributed by atoms with van der Waals surface area (Å²) in [5, 5.41) is 0. The van der Waals surface area contributed by atoms with Crippen LogP contribution in [0.5, 0.6) is 0 Å². The molecule has 0 heteroatoms. The molecule has 0 bridgehead atoms. The van der Waals surface area contributed by atoms with E-state index in [-0.39, 0.29) is 0 Å². The van der Waals surface area contributed by atoms with E-state index in [1.54, 1.807) is 0 Å². The Bertz CT molecular complexity index is 94.2. The number of hydrogen-bond donors (Lipinski definition) is 0. The van der Waals surface area contributed by atoms with Crippen molar-refractivity contribution >= 4 is 0 Å². The van der Waals surface area contributed by atoms with Crippen molar-refractivity contribution in [1.82, 2.24) is 0 Å². The third kappa shape index (κ3) is 1.57. The van der Waals surface area contributed by atoms with E-state index in [2.05, 4.69) is 6.92 Å². The lowest BCUT2D eigenvalue weighted by molar-refractivity contribution is 0.306. The van der Waals surface area contributed by atoms with Crippen molar-refractivity contribution in [3.05, 3.63) is 12.7 Å². The zero-order valence-electron chi connectivity index (χ0n) is 6.14. The van der Waals surface area contributed by atoms with Crippen LogP contribution < -0.4 is 0 Å². The molecular formula is C9H15-. The molecule has 0 radical (unpaired) electrons. The van der Waals surface area contributed by atoms with Crippen LogP contribution in [0.15, 0.2) is 6.08 Å². The Morgan fingerprint density at radius 3 is 2.44 bits per heavy atom. The molecule has 0 aromatic rings. The van der Waals surface area contributed by atoms with E-state index in [9.17, 15) is 0 Å². The quantitative estimate of drug-likeness (QED) is 0.470. The van der Waals surface area contributed by atoms with E-state index in [0.717, 1.165) is 5.92 Å². The average Bonchev–Trinajstić information content (AvgIpc) is 1.89. The number of allylic oxidation sites excluding steroid dienone is 1. The van der Waals surface area contributed by atoms with Crippen LogP contribution in [0.1, 0.15) is 32.6 Å². The standard InChI is InChI=1S/C9H15/c1-3-9-7-5-4-6-8(9)2/h1,3,8-9H,4-7H2,2H3/q-1. The van der Waals surface area contributed by atoms with E-state index in [4.69, 9.17) is 6.58 Å². The predicted molar refractivity (Wildman–Crippen MR) is 40.0 cm³/mol. The largest absolute Gasteiger partial charge is 0.518 e. The third-order valence-corrected chi connectivity index (χ3v) is 2.43. The van der Waals surface area contributed by atoms with Crippen molar-refractivity contribution in [2.24, 2.45) is 11.8 Å². The van der Waals surface area contributed by atoms with Gasteiger partial charge in [-0.2, -0.15) is 0 Å². The van der Waals surface area contributed by atoms with Gasteiger partial charge in [-0.3, -0.25) is 6.08 Å². The fraction of sp³-hybridized carbons (Fsp3) is 0.778. The van der Waals surface area contributed by atoms with Crippen LogP contribution in [0.4, 0.5) is 0 Å². The summed E-state index contributed by atoms with van der Waals surface area (Å²) in [6, 6.07) is 0. The first-order chi connectivity index (χ1) is 4.34. The molecule has 2 unspecified atom stereocenters. The second-order valence-corrected chi connectivity index (χ2v) is 3.12. The Labute approximate surface area is 58.0 Å². The zero-order chi connectivity index (χ0) is 6.69. The summed E-state index contributed by atoms with van der Waals surface area (Å²) in [5.41, 5.74) is 0. The second-order valence-electron chi connectivity index (χ2n) is 3.12. The van der Waals surface area contributed by atoms with Gasteiger partial charge in [0.2, 0.25) is 0 Å². The molecule has 1 saturated carbocycles. The van der Waals surface area contributed by atoms with Gasteiger partial charge in [-0.05, 0) is 12.3 Å². The molecule has 1 fully saturated rings. The lowest BCUT2D eigenvalue weighted by Crippen LogP contribution is -2.13. The van der Waals surface area contributed by atoms with E-state index < -0.39 is 0 Å². The predicted octanol–water partition coefficient (Wildman–Crippen LogP) is 2.80. The summed E-state index contributed by atoms with van der Waals surface area (Å²) in [5.74, 6) is 1.54. The highest BCUT2D eigenvalue weighted by Crippen LogP contribution is 2.29. The van der Waals surface area contributed by atoms with Crippen molar-refractivity contribution in [2.45, 2.75) is 32.6 Å². The molecule has 0 aliphatic heterocycles. The number of rotatable bonds is 1. The normalized spacial score (nSPS) is 36.1. The van der Waals surface area contributed by atoms with Crippen LogP contribution in [-0.2, 0) is 0 Å². The summed E-state index contributed by atoms with van der Waals surface area (Å²) in [6.07, 6.45) is 7.36.